The van der Waals surface area contributed by atoms with Crippen LogP contribution in [0.1, 0.15) is 26.3 Å². The summed E-state index contributed by atoms with van der Waals surface area (Å²) in [6.07, 6.45) is 3.92. The molecule has 0 spiro atoms. The fourth-order valence-corrected chi connectivity index (χ4v) is 3.48. The Kier molecular flexibility index (Phi) is 10.6. The molecule has 166 valence electrons. The van der Waals surface area contributed by atoms with Crippen LogP contribution in [0.5, 0.6) is 0 Å². The molecule has 30 heavy (non-hydrogen) atoms. The summed E-state index contributed by atoms with van der Waals surface area (Å²) in [7, 11) is 0. The molecule has 1 fully saturated rings. The number of nitrogens with one attached hydrogen (secondary N) is 2. The number of aromatic nitrogens is 2. The maximum absolute atomic E-state index is 5.93. The first-order chi connectivity index (χ1) is 14.1. The van der Waals surface area contributed by atoms with Crippen LogP contribution in [0.4, 0.5) is 0 Å². The van der Waals surface area contributed by atoms with Crippen LogP contribution >= 0.6 is 24.0 Å². The van der Waals surface area contributed by atoms with Gasteiger partial charge in [-0.1, -0.05) is 26.0 Å². The van der Waals surface area contributed by atoms with E-state index in [1.165, 1.54) is 0 Å². The Labute approximate surface area is 197 Å². The van der Waals surface area contributed by atoms with Gasteiger partial charge in [0.05, 0.1) is 24.9 Å². The molecule has 2 heterocycles. The number of halogens is 1. The van der Waals surface area contributed by atoms with Crippen molar-refractivity contribution in [2.24, 2.45) is 10.9 Å². The van der Waals surface area contributed by atoms with Crippen molar-refractivity contribution in [3.8, 4) is 5.69 Å². The topological polar surface area (TPSA) is 66.7 Å². The van der Waals surface area contributed by atoms with Crippen LogP contribution in [0, 0.1) is 5.92 Å². The number of rotatable bonds is 8. The Balaban J connectivity index is 0.00000320. The van der Waals surface area contributed by atoms with E-state index in [0.29, 0.717) is 12.5 Å². The van der Waals surface area contributed by atoms with Crippen molar-refractivity contribution < 1.29 is 4.74 Å². The van der Waals surface area contributed by atoms with E-state index < -0.39 is 0 Å². The van der Waals surface area contributed by atoms with Gasteiger partial charge in [-0.25, -0.2) is 9.67 Å². The summed E-state index contributed by atoms with van der Waals surface area (Å²) in [5.74, 6) is 1.51. The lowest BCUT2D eigenvalue weighted by Gasteiger charge is -2.34. The standard InChI is InChI=1S/C22H34N6O.HI/c1-4-23-22(25-15-21-17-27(12-13-29-21)16-18(2)3)24-14-19-6-8-20(9-7-19)28-11-5-10-26-28;/h5-11,18,21H,4,12-17H2,1-3H3,(H2,23,24,25);1H. The number of hydrogen-bond acceptors (Lipinski definition) is 4. The molecule has 1 atom stereocenters. The number of benzene rings is 1. The molecule has 0 amide bonds. The number of guanidine groups is 1. The van der Waals surface area contributed by atoms with E-state index in [-0.39, 0.29) is 30.1 Å². The molecule has 1 saturated heterocycles. The van der Waals surface area contributed by atoms with Crippen molar-refractivity contribution in [2.75, 3.05) is 39.3 Å². The molecule has 7 nitrogen and oxygen atoms in total. The summed E-state index contributed by atoms with van der Waals surface area (Å²) < 4.78 is 7.79. The van der Waals surface area contributed by atoms with Gasteiger partial charge in [-0.2, -0.15) is 5.10 Å². The number of ether oxygens (including phenoxy) is 1. The third-order valence-corrected chi connectivity index (χ3v) is 4.81. The van der Waals surface area contributed by atoms with Crippen molar-refractivity contribution in [2.45, 2.75) is 33.4 Å². The van der Waals surface area contributed by atoms with Crippen LogP contribution in [0.15, 0.2) is 47.7 Å². The Morgan fingerprint density at radius 2 is 2.07 bits per heavy atom. The van der Waals surface area contributed by atoms with E-state index in [2.05, 4.69) is 65.7 Å². The van der Waals surface area contributed by atoms with E-state index in [1.807, 2.05) is 16.9 Å². The number of morpholine rings is 1. The number of nitrogens with zero attached hydrogens (tertiary/aromatic N) is 4. The highest BCUT2D eigenvalue weighted by atomic mass is 127. The van der Waals surface area contributed by atoms with Crippen LogP contribution in [0.25, 0.3) is 5.69 Å². The molecule has 8 heteroatoms. The van der Waals surface area contributed by atoms with Crippen molar-refractivity contribution >= 4 is 29.9 Å². The molecule has 0 saturated carbocycles. The van der Waals surface area contributed by atoms with E-state index in [4.69, 9.17) is 9.73 Å². The van der Waals surface area contributed by atoms with Gasteiger partial charge in [-0.3, -0.25) is 4.90 Å². The van der Waals surface area contributed by atoms with E-state index in [9.17, 15) is 0 Å². The lowest BCUT2D eigenvalue weighted by atomic mass is 10.2. The van der Waals surface area contributed by atoms with E-state index in [0.717, 1.165) is 56.5 Å². The third-order valence-electron chi connectivity index (χ3n) is 4.81. The van der Waals surface area contributed by atoms with Gasteiger partial charge >= 0.3 is 0 Å². The van der Waals surface area contributed by atoms with Gasteiger partial charge in [0, 0.05) is 45.1 Å². The molecule has 2 aromatic rings. The molecule has 1 aromatic heterocycles. The van der Waals surface area contributed by atoms with Crippen molar-refractivity contribution in [3.63, 3.8) is 0 Å². The largest absolute Gasteiger partial charge is 0.374 e. The van der Waals surface area contributed by atoms with Gasteiger partial charge in [0.25, 0.3) is 0 Å². The Bertz CT molecular complexity index is 747. The van der Waals surface area contributed by atoms with Gasteiger partial charge in [0.15, 0.2) is 5.96 Å². The number of hydrogen-bond donors (Lipinski definition) is 2. The maximum Gasteiger partial charge on any atom is 0.191 e. The molecular formula is C22H35IN6O. The van der Waals surface area contributed by atoms with Crippen LogP contribution in [0.3, 0.4) is 0 Å². The highest BCUT2D eigenvalue weighted by Crippen LogP contribution is 2.10. The molecular weight excluding hydrogens is 491 g/mol. The molecule has 1 aliphatic rings. The van der Waals surface area contributed by atoms with E-state index in [1.54, 1.807) is 6.20 Å². The molecule has 3 rings (SSSR count). The Hall–Kier alpha value is -1.65. The SMILES string of the molecule is CCNC(=NCc1ccc(-n2cccn2)cc1)NCC1CN(CC(C)C)CCO1.I. The number of aliphatic imine (C=N–C) groups is 1. The summed E-state index contributed by atoms with van der Waals surface area (Å²) in [5.41, 5.74) is 2.21. The van der Waals surface area contributed by atoms with Crippen molar-refractivity contribution in [3.05, 3.63) is 48.3 Å². The van der Waals surface area contributed by atoms with Gasteiger partial charge in [-0.05, 0) is 36.6 Å². The van der Waals surface area contributed by atoms with Crippen LogP contribution < -0.4 is 10.6 Å². The molecule has 1 aliphatic heterocycles. The molecule has 0 radical (unpaired) electrons. The summed E-state index contributed by atoms with van der Waals surface area (Å²) in [4.78, 5) is 7.22. The maximum atomic E-state index is 5.93. The van der Waals surface area contributed by atoms with Crippen LogP contribution in [-0.4, -0.2) is 66.1 Å². The summed E-state index contributed by atoms with van der Waals surface area (Å²) in [6, 6.07) is 10.2. The quantitative estimate of drug-likeness (QED) is 0.315. The van der Waals surface area contributed by atoms with Gasteiger partial charge in [0.2, 0.25) is 0 Å². The van der Waals surface area contributed by atoms with Gasteiger partial charge in [0.1, 0.15) is 0 Å². The first-order valence-corrected chi connectivity index (χ1v) is 10.6. The van der Waals surface area contributed by atoms with E-state index >= 15 is 0 Å². The average molecular weight is 526 g/mol. The second-order valence-corrected chi connectivity index (χ2v) is 7.84. The van der Waals surface area contributed by atoms with Crippen molar-refractivity contribution in [1.29, 1.82) is 0 Å². The predicted octanol–water partition coefficient (Wildman–Crippen LogP) is 2.90. The molecule has 0 aliphatic carbocycles. The second kappa shape index (κ2) is 12.9. The average Bonchev–Trinajstić information content (AvgIpc) is 3.25. The van der Waals surface area contributed by atoms with Gasteiger partial charge in [-0.15, -0.1) is 24.0 Å². The summed E-state index contributed by atoms with van der Waals surface area (Å²) >= 11 is 0. The summed E-state index contributed by atoms with van der Waals surface area (Å²) in [5, 5.41) is 11.0. The minimum Gasteiger partial charge on any atom is -0.374 e. The van der Waals surface area contributed by atoms with Crippen LogP contribution in [-0.2, 0) is 11.3 Å². The van der Waals surface area contributed by atoms with Gasteiger partial charge < -0.3 is 15.4 Å². The lowest BCUT2D eigenvalue weighted by Crippen LogP contribution is -2.50. The zero-order valence-corrected chi connectivity index (χ0v) is 20.6. The van der Waals surface area contributed by atoms with Crippen LogP contribution in [0.2, 0.25) is 0 Å². The fraction of sp³-hybridized carbons (Fsp3) is 0.545. The molecule has 2 N–H and O–H groups in total. The smallest absolute Gasteiger partial charge is 0.191 e. The minimum absolute atomic E-state index is 0. The predicted molar refractivity (Wildman–Crippen MR) is 133 cm³/mol. The second-order valence-electron chi connectivity index (χ2n) is 7.84. The minimum atomic E-state index is 0. The lowest BCUT2D eigenvalue weighted by molar-refractivity contribution is -0.0284. The third kappa shape index (κ3) is 7.88. The highest BCUT2D eigenvalue weighted by molar-refractivity contribution is 14.0. The first kappa shape index (κ1) is 24.6. The molecule has 1 aromatic carbocycles. The highest BCUT2D eigenvalue weighted by Gasteiger charge is 2.21. The summed E-state index contributed by atoms with van der Waals surface area (Å²) in [6.45, 7) is 12.8. The molecule has 1 unspecified atom stereocenters. The Morgan fingerprint density at radius 3 is 2.73 bits per heavy atom. The molecule has 0 bridgehead atoms. The fourth-order valence-electron chi connectivity index (χ4n) is 3.48. The first-order valence-electron chi connectivity index (χ1n) is 10.6. The van der Waals surface area contributed by atoms with Crippen molar-refractivity contribution in [1.82, 2.24) is 25.3 Å². The normalized spacial score (nSPS) is 17.6. The zero-order chi connectivity index (χ0) is 20.5. The monoisotopic (exact) mass is 526 g/mol. The Morgan fingerprint density at radius 1 is 1.27 bits per heavy atom. The zero-order valence-electron chi connectivity index (χ0n) is 18.3.